The van der Waals surface area contributed by atoms with E-state index in [1.807, 2.05) is 41.5 Å². The van der Waals surface area contributed by atoms with Crippen LogP contribution in [0, 0.1) is 5.41 Å². The molecule has 0 aliphatic carbocycles. The minimum atomic E-state index is -0.565. The number of allylic oxidation sites excluding steroid dienone is 1. The van der Waals surface area contributed by atoms with E-state index in [0.29, 0.717) is 5.47 Å². The summed E-state index contributed by atoms with van der Waals surface area (Å²) >= 11 is 0. The zero-order valence-electron chi connectivity index (χ0n) is 12.7. The van der Waals surface area contributed by atoms with Gasteiger partial charge in [-0.15, -0.1) is 0 Å². The lowest BCUT2D eigenvalue weighted by molar-refractivity contribution is 0.00578. The molecule has 3 N–H and O–H groups in total. The first kappa shape index (κ1) is 16.2. The average Bonchev–Trinajstić information content (AvgIpc) is 2.49. The topological polar surface area (TPSA) is 74.6 Å². The van der Waals surface area contributed by atoms with Crippen LogP contribution in [0.15, 0.2) is 11.7 Å². The van der Waals surface area contributed by atoms with Crippen LogP contribution in [0.3, 0.4) is 0 Å². The van der Waals surface area contributed by atoms with Crippen LogP contribution in [0.5, 0.6) is 0 Å². The van der Waals surface area contributed by atoms with Crippen LogP contribution < -0.4 is 5.32 Å². The van der Waals surface area contributed by atoms with Crippen LogP contribution in [0.2, 0.25) is 0 Å². The summed E-state index contributed by atoms with van der Waals surface area (Å²) in [5, 5.41) is 19.8. The van der Waals surface area contributed by atoms with Gasteiger partial charge in [0.25, 0.3) is 0 Å². The van der Waals surface area contributed by atoms with Crippen molar-refractivity contribution in [3.8, 4) is 0 Å². The first-order valence-electron chi connectivity index (χ1n) is 6.49. The SMILES string of the molecule is CC(C)(CO)N/C=C(\C=N)B1OC(C)(C)C(C)(C)O1. The van der Waals surface area contributed by atoms with E-state index in [1.54, 1.807) is 6.20 Å². The molecular weight excluding hydrogens is 243 g/mol. The van der Waals surface area contributed by atoms with Crippen molar-refractivity contribution in [1.82, 2.24) is 5.32 Å². The van der Waals surface area contributed by atoms with E-state index in [2.05, 4.69) is 5.32 Å². The monoisotopic (exact) mass is 268 g/mol. The molecule has 1 saturated heterocycles. The van der Waals surface area contributed by atoms with Crippen molar-refractivity contribution >= 4 is 13.3 Å². The highest BCUT2D eigenvalue weighted by molar-refractivity contribution is 6.60. The van der Waals surface area contributed by atoms with E-state index < -0.39 is 23.9 Å². The lowest BCUT2D eigenvalue weighted by Crippen LogP contribution is -2.41. The van der Waals surface area contributed by atoms with Crippen LogP contribution >= 0.6 is 0 Å². The van der Waals surface area contributed by atoms with E-state index in [0.717, 1.165) is 0 Å². The number of aliphatic hydroxyl groups excluding tert-OH is 1. The van der Waals surface area contributed by atoms with Crippen molar-refractivity contribution in [1.29, 1.82) is 5.41 Å². The number of aliphatic hydroxyl groups is 1. The van der Waals surface area contributed by atoms with E-state index >= 15 is 0 Å². The summed E-state index contributed by atoms with van der Waals surface area (Å²) in [5.41, 5.74) is -0.698. The molecule has 19 heavy (non-hydrogen) atoms. The largest absolute Gasteiger partial charge is 0.497 e. The molecule has 0 atom stereocenters. The summed E-state index contributed by atoms with van der Waals surface area (Å²) in [6.07, 6.45) is 2.88. The number of hydrogen-bond donors (Lipinski definition) is 3. The summed E-state index contributed by atoms with van der Waals surface area (Å²) < 4.78 is 11.7. The summed E-state index contributed by atoms with van der Waals surface area (Å²) in [5.74, 6) is 0. The van der Waals surface area contributed by atoms with Crippen LogP contribution in [-0.4, -0.2) is 41.8 Å². The van der Waals surface area contributed by atoms with E-state index in [4.69, 9.17) is 14.7 Å². The molecule has 0 saturated carbocycles. The van der Waals surface area contributed by atoms with Gasteiger partial charge >= 0.3 is 7.12 Å². The third-order valence-electron chi connectivity index (χ3n) is 3.72. The first-order valence-corrected chi connectivity index (χ1v) is 6.49. The molecule has 6 heteroatoms. The second-order valence-corrected chi connectivity index (χ2v) is 6.56. The molecule has 1 heterocycles. The Morgan fingerprint density at radius 2 is 1.74 bits per heavy atom. The molecule has 1 aliphatic rings. The van der Waals surface area contributed by atoms with Gasteiger partial charge in [0.05, 0.1) is 23.3 Å². The normalized spacial score (nSPS) is 22.5. The second kappa shape index (κ2) is 5.27. The van der Waals surface area contributed by atoms with Crippen molar-refractivity contribution in [2.75, 3.05) is 6.61 Å². The van der Waals surface area contributed by atoms with Gasteiger partial charge < -0.3 is 25.1 Å². The van der Waals surface area contributed by atoms with Gasteiger partial charge in [-0.25, -0.2) is 0 Å². The third-order valence-corrected chi connectivity index (χ3v) is 3.72. The highest BCUT2D eigenvalue weighted by Crippen LogP contribution is 2.38. The van der Waals surface area contributed by atoms with Crippen molar-refractivity contribution in [3.05, 3.63) is 11.7 Å². The van der Waals surface area contributed by atoms with Gasteiger partial charge in [-0.2, -0.15) is 0 Å². The van der Waals surface area contributed by atoms with Crippen molar-refractivity contribution < 1.29 is 14.4 Å². The van der Waals surface area contributed by atoms with Gasteiger partial charge in [-0.3, -0.25) is 0 Å². The van der Waals surface area contributed by atoms with Crippen LogP contribution in [0.1, 0.15) is 41.5 Å². The van der Waals surface area contributed by atoms with Gasteiger partial charge in [0.1, 0.15) is 0 Å². The Morgan fingerprint density at radius 1 is 1.26 bits per heavy atom. The average molecular weight is 268 g/mol. The number of nitrogens with one attached hydrogen (secondary N) is 2. The Bertz CT molecular complexity index is 362. The molecule has 0 radical (unpaired) electrons. The van der Waals surface area contributed by atoms with Crippen molar-refractivity contribution in [2.45, 2.75) is 58.3 Å². The Kier molecular flexibility index (Phi) is 4.49. The molecule has 108 valence electrons. The summed E-state index contributed by atoms with van der Waals surface area (Å²) in [4.78, 5) is 0. The van der Waals surface area contributed by atoms with Crippen LogP contribution in [0.25, 0.3) is 0 Å². The van der Waals surface area contributed by atoms with Gasteiger partial charge in [-0.1, -0.05) is 0 Å². The van der Waals surface area contributed by atoms with Crippen molar-refractivity contribution in [3.63, 3.8) is 0 Å². The molecule has 1 aliphatic heterocycles. The Balaban J connectivity index is 2.84. The molecule has 5 nitrogen and oxygen atoms in total. The van der Waals surface area contributed by atoms with Gasteiger partial charge in [0, 0.05) is 11.7 Å². The highest BCUT2D eigenvalue weighted by atomic mass is 16.7. The van der Waals surface area contributed by atoms with Crippen LogP contribution in [0.4, 0.5) is 0 Å². The zero-order valence-corrected chi connectivity index (χ0v) is 12.7. The standard InChI is InChI=1S/C13H25BN2O3/c1-11(2,9-17)16-8-10(7-15)14-18-12(3,4)13(5,6)19-14/h7-8,15-17H,9H2,1-6H3/b10-8+,15-7?. The molecule has 0 spiro atoms. The smallest absolute Gasteiger partial charge is 0.399 e. The molecule has 0 aromatic heterocycles. The number of hydrogen-bond acceptors (Lipinski definition) is 5. The molecule has 0 aromatic carbocycles. The maximum atomic E-state index is 9.20. The summed E-state index contributed by atoms with van der Waals surface area (Å²) in [7, 11) is -0.565. The maximum absolute atomic E-state index is 9.20. The molecule has 1 rings (SSSR count). The molecule has 0 aromatic rings. The van der Waals surface area contributed by atoms with E-state index in [-0.39, 0.29) is 6.61 Å². The van der Waals surface area contributed by atoms with Crippen molar-refractivity contribution in [2.24, 2.45) is 0 Å². The second-order valence-electron chi connectivity index (χ2n) is 6.56. The molecule has 0 amide bonds. The van der Waals surface area contributed by atoms with E-state index in [9.17, 15) is 5.11 Å². The van der Waals surface area contributed by atoms with Gasteiger partial charge in [0.2, 0.25) is 0 Å². The minimum absolute atomic E-state index is 0.00184. The highest BCUT2D eigenvalue weighted by Gasteiger charge is 2.52. The maximum Gasteiger partial charge on any atom is 0.497 e. The molecule has 1 fully saturated rings. The fourth-order valence-corrected chi connectivity index (χ4v) is 1.48. The van der Waals surface area contributed by atoms with E-state index in [1.165, 1.54) is 6.21 Å². The predicted molar refractivity (Wildman–Crippen MR) is 77.2 cm³/mol. The Labute approximate surface area is 116 Å². The lowest BCUT2D eigenvalue weighted by atomic mass is 9.79. The summed E-state index contributed by atoms with van der Waals surface area (Å²) in [6.45, 7) is 11.6. The molecular formula is C13H25BN2O3. The van der Waals surface area contributed by atoms with Crippen LogP contribution in [-0.2, 0) is 9.31 Å². The quantitative estimate of drug-likeness (QED) is 0.522. The first-order chi connectivity index (χ1) is 8.54. The lowest BCUT2D eigenvalue weighted by Gasteiger charge is -2.32. The third kappa shape index (κ3) is 3.58. The Hall–Kier alpha value is -0.845. The molecule has 0 unspecified atom stereocenters. The fraction of sp³-hybridized carbons (Fsp3) is 0.769. The zero-order chi connectivity index (χ0) is 14.9. The number of rotatable bonds is 5. The Morgan fingerprint density at radius 3 is 2.11 bits per heavy atom. The molecule has 0 bridgehead atoms. The summed E-state index contributed by atoms with van der Waals surface area (Å²) in [6, 6.07) is 0. The fourth-order valence-electron chi connectivity index (χ4n) is 1.48. The predicted octanol–water partition coefficient (Wildman–Crippen LogP) is 1.51. The minimum Gasteiger partial charge on any atom is -0.399 e. The van der Waals surface area contributed by atoms with Gasteiger partial charge in [-0.05, 0) is 47.7 Å². The van der Waals surface area contributed by atoms with Gasteiger partial charge in [0.15, 0.2) is 0 Å².